The van der Waals surface area contributed by atoms with Gasteiger partial charge in [0, 0.05) is 24.5 Å². The van der Waals surface area contributed by atoms with Crippen molar-refractivity contribution in [1.82, 2.24) is 25.1 Å². The Hall–Kier alpha value is -3.34. The first kappa shape index (κ1) is 22.8. The number of piperidine rings is 1. The molecule has 0 saturated carbocycles. The highest BCUT2D eigenvalue weighted by molar-refractivity contribution is 9.10. The molecule has 1 saturated heterocycles. The molecule has 2 aromatic heterocycles. The number of H-pyrrole nitrogens is 1. The minimum Gasteiger partial charge on any atom is -0.493 e. The SMILES string of the molecule is COc1cc(-c2cc(C(=O)N3CCCC(Oc4ncc(Br)cn4)C3)[nH]n2)cc(OC)c1OC. The van der Waals surface area contributed by atoms with Crippen molar-refractivity contribution in [2.75, 3.05) is 34.4 Å². The summed E-state index contributed by atoms with van der Waals surface area (Å²) in [5, 5.41) is 7.17. The number of nitrogens with one attached hydrogen (secondary N) is 1. The van der Waals surface area contributed by atoms with E-state index in [9.17, 15) is 4.79 Å². The number of aromatic amines is 1. The average Bonchev–Trinajstić information content (AvgIpc) is 3.34. The number of likely N-dealkylation sites (tertiary alicyclic amines) is 1. The summed E-state index contributed by atoms with van der Waals surface area (Å²) in [6.07, 6.45) is 4.72. The fourth-order valence-electron chi connectivity index (χ4n) is 3.71. The third-order valence-corrected chi connectivity index (χ3v) is 5.71. The van der Waals surface area contributed by atoms with Crippen molar-refractivity contribution >= 4 is 21.8 Å². The molecule has 0 aliphatic carbocycles. The fraction of sp³-hybridized carbons (Fsp3) is 0.364. The molecule has 1 aromatic carbocycles. The van der Waals surface area contributed by atoms with Crippen LogP contribution in [0.25, 0.3) is 11.3 Å². The van der Waals surface area contributed by atoms with Gasteiger partial charge in [-0.05, 0) is 47.0 Å². The Bertz CT molecular complexity index is 1100. The van der Waals surface area contributed by atoms with E-state index in [0.29, 0.717) is 47.7 Å². The van der Waals surface area contributed by atoms with Gasteiger partial charge >= 0.3 is 6.01 Å². The van der Waals surface area contributed by atoms with Gasteiger partial charge in [0.2, 0.25) is 5.75 Å². The third kappa shape index (κ3) is 5.03. The number of halogens is 1. The molecule has 4 rings (SSSR count). The second-order valence-corrected chi connectivity index (χ2v) is 8.31. The van der Waals surface area contributed by atoms with E-state index in [0.717, 1.165) is 22.9 Å². The average molecular weight is 518 g/mol. The minimum absolute atomic E-state index is 0.147. The summed E-state index contributed by atoms with van der Waals surface area (Å²) in [6.45, 7) is 1.08. The maximum atomic E-state index is 13.1. The second kappa shape index (κ2) is 10.1. The molecular formula is C22H24BrN5O5. The lowest BCUT2D eigenvalue weighted by Gasteiger charge is -2.32. The predicted molar refractivity (Wildman–Crippen MR) is 123 cm³/mol. The number of carbonyl (C=O) groups is 1. The van der Waals surface area contributed by atoms with Gasteiger partial charge in [0.15, 0.2) is 11.5 Å². The van der Waals surface area contributed by atoms with Crippen molar-refractivity contribution in [1.29, 1.82) is 0 Å². The van der Waals surface area contributed by atoms with Crippen LogP contribution in [0.5, 0.6) is 23.3 Å². The third-order valence-electron chi connectivity index (χ3n) is 5.30. The van der Waals surface area contributed by atoms with Gasteiger partial charge in [-0.15, -0.1) is 0 Å². The van der Waals surface area contributed by atoms with E-state index in [1.807, 2.05) is 0 Å². The molecule has 0 bridgehead atoms. The summed E-state index contributed by atoms with van der Waals surface area (Å²) < 4.78 is 22.8. The van der Waals surface area contributed by atoms with Crippen molar-refractivity contribution < 1.29 is 23.7 Å². The summed E-state index contributed by atoms with van der Waals surface area (Å²) in [6, 6.07) is 5.58. The summed E-state index contributed by atoms with van der Waals surface area (Å²) in [5.41, 5.74) is 1.71. The highest BCUT2D eigenvalue weighted by atomic mass is 79.9. The van der Waals surface area contributed by atoms with Crippen LogP contribution in [-0.2, 0) is 0 Å². The van der Waals surface area contributed by atoms with Gasteiger partial charge in [0.1, 0.15) is 11.8 Å². The van der Waals surface area contributed by atoms with E-state index in [2.05, 4.69) is 36.1 Å². The molecule has 1 aliphatic heterocycles. The quantitative estimate of drug-likeness (QED) is 0.507. The first-order valence-corrected chi connectivity index (χ1v) is 11.1. The number of aromatic nitrogens is 4. The van der Waals surface area contributed by atoms with Crippen LogP contribution >= 0.6 is 15.9 Å². The summed E-state index contributed by atoms with van der Waals surface area (Å²) in [7, 11) is 4.65. The van der Waals surface area contributed by atoms with E-state index in [-0.39, 0.29) is 12.0 Å². The van der Waals surface area contributed by atoms with Crippen LogP contribution in [0.1, 0.15) is 23.3 Å². The molecule has 1 aliphatic rings. The molecule has 1 atom stereocenters. The number of ether oxygens (including phenoxy) is 4. The van der Waals surface area contributed by atoms with Crippen molar-refractivity contribution in [3.05, 3.63) is 40.8 Å². The van der Waals surface area contributed by atoms with Crippen LogP contribution in [-0.4, -0.2) is 71.5 Å². The van der Waals surface area contributed by atoms with Crippen LogP contribution < -0.4 is 18.9 Å². The van der Waals surface area contributed by atoms with Gasteiger partial charge in [-0.3, -0.25) is 9.89 Å². The van der Waals surface area contributed by atoms with Gasteiger partial charge in [0.05, 0.1) is 38.0 Å². The van der Waals surface area contributed by atoms with Gasteiger partial charge in [-0.25, -0.2) is 9.97 Å². The Morgan fingerprint density at radius 2 is 1.79 bits per heavy atom. The first-order valence-electron chi connectivity index (χ1n) is 10.3. The number of benzene rings is 1. The molecule has 0 spiro atoms. The zero-order valence-corrected chi connectivity index (χ0v) is 20.1. The van der Waals surface area contributed by atoms with Crippen LogP contribution in [0.2, 0.25) is 0 Å². The Morgan fingerprint density at radius 3 is 2.42 bits per heavy atom. The van der Waals surface area contributed by atoms with E-state index in [4.69, 9.17) is 18.9 Å². The van der Waals surface area contributed by atoms with E-state index in [1.165, 1.54) is 0 Å². The molecular weight excluding hydrogens is 494 g/mol. The molecule has 0 radical (unpaired) electrons. The number of hydrogen-bond donors (Lipinski definition) is 1. The monoisotopic (exact) mass is 517 g/mol. The van der Waals surface area contributed by atoms with E-state index in [1.54, 1.807) is 56.8 Å². The van der Waals surface area contributed by atoms with Crippen LogP contribution in [0.15, 0.2) is 35.1 Å². The molecule has 1 N–H and O–H groups in total. The predicted octanol–water partition coefficient (Wildman–Crippen LogP) is 3.34. The Balaban J connectivity index is 1.49. The van der Waals surface area contributed by atoms with Crippen molar-refractivity contribution in [3.8, 4) is 34.5 Å². The number of methoxy groups -OCH3 is 3. The number of hydrogen-bond acceptors (Lipinski definition) is 8. The first-order chi connectivity index (χ1) is 16.0. The lowest BCUT2D eigenvalue weighted by Crippen LogP contribution is -2.44. The maximum absolute atomic E-state index is 13.1. The number of rotatable bonds is 7. The van der Waals surface area contributed by atoms with Gasteiger partial charge in [-0.2, -0.15) is 5.10 Å². The molecule has 10 nitrogen and oxygen atoms in total. The topological polar surface area (TPSA) is 112 Å². The zero-order valence-electron chi connectivity index (χ0n) is 18.5. The van der Waals surface area contributed by atoms with Crippen LogP contribution in [0.4, 0.5) is 0 Å². The molecule has 3 aromatic rings. The minimum atomic E-state index is -0.179. The van der Waals surface area contributed by atoms with Crippen molar-refractivity contribution in [2.45, 2.75) is 18.9 Å². The zero-order chi connectivity index (χ0) is 23.4. The highest BCUT2D eigenvalue weighted by Crippen LogP contribution is 2.40. The Kier molecular flexibility index (Phi) is 6.97. The lowest BCUT2D eigenvalue weighted by molar-refractivity contribution is 0.0510. The Labute approximate surface area is 199 Å². The molecule has 11 heteroatoms. The largest absolute Gasteiger partial charge is 0.493 e. The molecule has 1 unspecified atom stereocenters. The Morgan fingerprint density at radius 1 is 1.09 bits per heavy atom. The molecule has 33 heavy (non-hydrogen) atoms. The van der Waals surface area contributed by atoms with Crippen molar-refractivity contribution in [2.24, 2.45) is 0 Å². The van der Waals surface area contributed by atoms with Crippen LogP contribution in [0.3, 0.4) is 0 Å². The molecule has 174 valence electrons. The van der Waals surface area contributed by atoms with Crippen LogP contribution in [0, 0.1) is 0 Å². The standard InChI is InChI=1S/C22H24BrN5O5/c1-30-18-7-13(8-19(31-2)20(18)32-3)16-9-17(27-26-16)21(29)28-6-4-5-15(12-28)33-22-24-10-14(23)11-25-22/h7-11,15H,4-6,12H2,1-3H3,(H,26,27). The second-order valence-electron chi connectivity index (χ2n) is 7.40. The van der Waals surface area contributed by atoms with E-state index < -0.39 is 0 Å². The summed E-state index contributed by atoms with van der Waals surface area (Å²) >= 11 is 3.30. The summed E-state index contributed by atoms with van der Waals surface area (Å²) in [4.78, 5) is 23.2. The number of amides is 1. The van der Waals surface area contributed by atoms with Gasteiger partial charge in [-0.1, -0.05) is 0 Å². The molecule has 1 fully saturated rings. The van der Waals surface area contributed by atoms with Gasteiger partial charge < -0.3 is 23.8 Å². The molecule has 1 amide bonds. The highest BCUT2D eigenvalue weighted by Gasteiger charge is 2.27. The number of nitrogens with zero attached hydrogens (tertiary/aromatic N) is 4. The normalized spacial score (nSPS) is 15.8. The van der Waals surface area contributed by atoms with Gasteiger partial charge in [0.25, 0.3) is 5.91 Å². The fourth-order valence-corrected chi connectivity index (χ4v) is 3.91. The smallest absolute Gasteiger partial charge is 0.316 e. The summed E-state index contributed by atoms with van der Waals surface area (Å²) in [5.74, 6) is 1.36. The molecule has 3 heterocycles. The van der Waals surface area contributed by atoms with Crippen molar-refractivity contribution in [3.63, 3.8) is 0 Å². The lowest BCUT2D eigenvalue weighted by atomic mass is 10.1. The maximum Gasteiger partial charge on any atom is 0.316 e. The number of carbonyl (C=O) groups excluding carboxylic acids is 1. The van der Waals surface area contributed by atoms with E-state index >= 15 is 0 Å².